The number of hydrogen-bond donors (Lipinski definition) is 0. The Bertz CT molecular complexity index is 410. The van der Waals surface area contributed by atoms with E-state index in [1.165, 1.54) is 4.88 Å². The summed E-state index contributed by atoms with van der Waals surface area (Å²) in [7, 11) is 2.04. The quantitative estimate of drug-likeness (QED) is 0.850. The fraction of sp³-hybridized carbons (Fsp3) is 0.364. The van der Waals surface area contributed by atoms with Gasteiger partial charge in [0.15, 0.2) is 5.78 Å². The molecule has 0 N–H and O–H groups in total. The number of ketones is 1. The van der Waals surface area contributed by atoms with Crippen LogP contribution in [0.1, 0.15) is 17.7 Å². The molecule has 2 rings (SSSR count). The van der Waals surface area contributed by atoms with Gasteiger partial charge >= 0.3 is 0 Å². The van der Waals surface area contributed by atoms with Gasteiger partial charge in [0.25, 0.3) is 0 Å². The van der Waals surface area contributed by atoms with Crippen LogP contribution in [0.2, 0.25) is 0 Å². The van der Waals surface area contributed by atoms with E-state index in [0.29, 0.717) is 6.42 Å². The Kier molecular flexibility index (Phi) is 3.26. The summed E-state index contributed by atoms with van der Waals surface area (Å²) in [5, 5.41) is 2.08. The van der Waals surface area contributed by atoms with E-state index in [4.69, 9.17) is 0 Å². The monoisotopic (exact) mass is 285 g/mol. The lowest BCUT2D eigenvalue weighted by Crippen LogP contribution is -2.15. The fourth-order valence-corrected chi connectivity index (χ4v) is 3.16. The molecule has 80 valence electrons. The van der Waals surface area contributed by atoms with Crippen LogP contribution in [0, 0.1) is 0 Å². The van der Waals surface area contributed by atoms with Gasteiger partial charge in [-0.3, -0.25) is 4.79 Å². The predicted octanol–water partition coefficient (Wildman–Crippen LogP) is 3.19. The Morgan fingerprint density at radius 1 is 1.53 bits per heavy atom. The summed E-state index contributed by atoms with van der Waals surface area (Å²) in [6.45, 7) is 0.884. The number of rotatable bonds is 3. The molecule has 15 heavy (non-hydrogen) atoms. The van der Waals surface area contributed by atoms with Crippen LogP contribution >= 0.6 is 27.3 Å². The van der Waals surface area contributed by atoms with Crippen LogP contribution in [0.5, 0.6) is 0 Å². The molecule has 0 spiro atoms. The first-order valence-electron chi connectivity index (χ1n) is 4.82. The third kappa shape index (κ3) is 2.69. The summed E-state index contributed by atoms with van der Waals surface area (Å²) < 4.78 is 1.13. The number of carbonyl (C=O) groups excluding carboxylic acids is 1. The van der Waals surface area contributed by atoms with Gasteiger partial charge in [-0.15, -0.1) is 11.3 Å². The zero-order valence-corrected chi connectivity index (χ0v) is 10.9. The van der Waals surface area contributed by atoms with Crippen LogP contribution in [0.15, 0.2) is 27.7 Å². The summed E-state index contributed by atoms with van der Waals surface area (Å²) in [5.41, 5.74) is 1.16. The summed E-state index contributed by atoms with van der Waals surface area (Å²) in [5.74, 6) is 0.254. The van der Waals surface area contributed by atoms with Crippen molar-refractivity contribution in [3.63, 3.8) is 0 Å². The maximum atomic E-state index is 11.1. The van der Waals surface area contributed by atoms with Crippen molar-refractivity contribution in [1.29, 1.82) is 0 Å². The van der Waals surface area contributed by atoms with Gasteiger partial charge in [0.2, 0.25) is 0 Å². The van der Waals surface area contributed by atoms with E-state index in [1.54, 1.807) is 17.4 Å². The molecule has 1 aromatic rings. The molecule has 1 aliphatic carbocycles. The highest BCUT2D eigenvalue weighted by Gasteiger charge is 2.15. The van der Waals surface area contributed by atoms with E-state index in [2.05, 4.69) is 32.3 Å². The molecule has 4 heteroatoms. The van der Waals surface area contributed by atoms with Gasteiger partial charge in [-0.05, 0) is 28.4 Å². The summed E-state index contributed by atoms with van der Waals surface area (Å²) in [6.07, 6.45) is 3.33. The molecule has 0 unspecified atom stereocenters. The van der Waals surface area contributed by atoms with Crippen molar-refractivity contribution in [2.45, 2.75) is 19.4 Å². The van der Waals surface area contributed by atoms with E-state index in [1.807, 2.05) is 7.05 Å². The zero-order valence-electron chi connectivity index (χ0n) is 8.50. The zero-order chi connectivity index (χ0) is 10.8. The third-order valence-corrected chi connectivity index (χ3v) is 4.14. The van der Waals surface area contributed by atoms with Gasteiger partial charge in [0.1, 0.15) is 0 Å². The Labute approximate surface area is 102 Å². The summed E-state index contributed by atoms with van der Waals surface area (Å²) in [6, 6.07) is 2.12. The highest BCUT2D eigenvalue weighted by Crippen LogP contribution is 2.24. The molecule has 2 nitrogen and oxygen atoms in total. The minimum atomic E-state index is 0.254. The second-order valence-corrected chi connectivity index (χ2v) is 5.60. The highest BCUT2D eigenvalue weighted by atomic mass is 79.9. The van der Waals surface area contributed by atoms with Crippen LogP contribution < -0.4 is 0 Å². The molecule has 0 amide bonds. The van der Waals surface area contributed by atoms with Crippen LogP contribution in [-0.2, 0) is 11.3 Å². The van der Waals surface area contributed by atoms with Crippen molar-refractivity contribution < 1.29 is 4.79 Å². The van der Waals surface area contributed by atoms with Gasteiger partial charge < -0.3 is 4.90 Å². The number of thiophene rings is 1. The smallest absolute Gasteiger partial charge is 0.157 e. The standard InChI is InChI=1S/C11H12BrNOS/c1-13(9-2-3-10(14)5-9)6-11-4-8(12)7-15-11/h4-5,7H,2-3,6H2,1H3. The molecule has 0 aliphatic heterocycles. The van der Waals surface area contributed by atoms with Crippen LogP contribution in [0.25, 0.3) is 0 Å². The fourth-order valence-electron chi connectivity index (χ4n) is 1.65. The Morgan fingerprint density at radius 3 is 2.87 bits per heavy atom. The van der Waals surface area contributed by atoms with E-state index in [9.17, 15) is 4.79 Å². The first-order chi connectivity index (χ1) is 7.15. The Balaban J connectivity index is 2.01. The van der Waals surface area contributed by atoms with Crippen molar-refractivity contribution >= 4 is 33.0 Å². The van der Waals surface area contributed by atoms with Crippen molar-refractivity contribution in [3.8, 4) is 0 Å². The van der Waals surface area contributed by atoms with Crippen molar-refractivity contribution in [1.82, 2.24) is 4.90 Å². The molecule has 0 saturated carbocycles. The summed E-state index contributed by atoms with van der Waals surface area (Å²) >= 11 is 5.18. The maximum Gasteiger partial charge on any atom is 0.157 e. The number of nitrogens with zero attached hydrogens (tertiary/aromatic N) is 1. The number of hydrogen-bond acceptors (Lipinski definition) is 3. The van der Waals surface area contributed by atoms with Gasteiger partial charge in [-0.1, -0.05) is 0 Å². The van der Waals surface area contributed by atoms with Gasteiger partial charge in [-0.25, -0.2) is 0 Å². The van der Waals surface area contributed by atoms with Crippen molar-refractivity contribution in [3.05, 3.63) is 32.6 Å². The molecule has 0 atom stereocenters. The second-order valence-electron chi connectivity index (χ2n) is 3.69. The molecule has 0 fully saturated rings. The van der Waals surface area contributed by atoms with Crippen molar-refractivity contribution in [2.75, 3.05) is 7.05 Å². The second kappa shape index (κ2) is 4.49. The lowest BCUT2D eigenvalue weighted by molar-refractivity contribution is -0.114. The molecule has 0 bridgehead atoms. The summed E-state index contributed by atoms with van der Waals surface area (Å²) in [4.78, 5) is 14.6. The molecule has 0 saturated heterocycles. The van der Waals surface area contributed by atoms with E-state index < -0.39 is 0 Å². The number of allylic oxidation sites excluding steroid dienone is 2. The minimum Gasteiger partial charge on any atom is -0.373 e. The number of carbonyl (C=O) groups is 1. The molecular formula is C11H12BrNOS. The van der Waals surface area contributed by atoms with Gasteiger partial charge in [-0.2, -0.15) is 0 Å². The molecular weight excluding hydrogens is 274 g/mol. The minimum absolute atomic E-state index is 0.254. The average Bonchev–Trinajstić information content (AvgIpc) is 2.75. The van der Waals surface area contributed by atoms with Gasteiger partial charge in [0.05, 0.1) is 6.54 Å². The third-order valence-electron chi connectivity index (χ3n) is 2.46. The Hall–Kier alpha value is -0.610. The van der Waals surface area contributed by atoms with Crippen LogP contribution in [0.3, 0.4) is 0 Å². The molecule has 1 heterocycles. The topological polar surface area (TPSA) is 20.3 Å². The molecule has 1 aromatic heterocycles. The van der Waals surface area contributed by atoms with Crippen LogP contribution in [0.4, 0.5) is 0 Å². The highest BCUT2D eigenvalue weighted by molar-refractivity contribution is 9.10. The normalized spacial score (nSPS) is 15.6. The van der Waals surface area contributed by atoms with E-state index in [-0.39, 0.29) is 5.78 Å². The largest absolute Gasteiger partial charge is 0.373 e. The molecule has 1 aliphatic rings. The molecule has 0 aromatic carbocycles. The SMILES string of the molecule is CN(Cc1cc(Br)cs1)C1=CC(=O)CC1. The number of halogens is 1. The molecule has 0 radical (unpaired) electrons. The Morgan fingerprint density at radius 2 is 2.33 bits per heavy atom. The van der Waals surface area contributed by atoms with Crippen LogP contribution in [-0.4, -0.2) is 17.7 Å². The average molecular weight is 286 g/mol. The lowest BCUT2D eigenvalue weighted by atomic mass is 10.3. The van der Waals surface area contributed by atoms with E-state index >= 15 is 0 Å². The van der Waals surface area contributed by atoms with Gasteiger partial charge in [0, 0.05) is 40.0 Å². The lowest BCUT2D eigenvalue weighted by Gasteiger charge is -2.18. The predicted molar refractivity (Wildman–Crippen MR) is 65.8 cm³/mol. The first-order valence-corrected chi connectivity index (χ1v) is 6.50. The first kappa shape index (κ1) is 10.9. The van der Waals surface area contributed by atoms with E-state index in [0.717, 1.165) is 23.1 Å². The van der Waals surface area contributed by atoms with Crippen molar-refractivity contribution in [2.24, 2.45) is 0 Å². The maximum absolute atomic E-state index is 11.1.